The Balaban J connectivity index is 1.97. The minimum Gasteiger partial charge on any atom is -0.497 e. The fourth-order valence-electron chi connectivity index (χ4n) is 2.83. The number of aliphatic hydroxyl groups is 1. The molecule has 2 atom stereocenters. The molecular formula is C18H28N2O3. The van der Waals surface area contributed by atoms with Crippen molar-refractivity contribution in [2.45, 2.75) is 45.2 Å². The minimum atomic E-state index is -0.211. The maximum absolute atomic E-state index is 12.3. The predicted octanol–water partition coefficient (Wildman–Crippen LogP) is 2.85. The van der Waals surface area contributed by atoms with Crippen LogP contribution in [0.5, 0.6) is 5.75 Å². The lowest BCUT2D eigenvalue weighted by molar-refractivity contribution is 0.203. The Hall–Kier alpha value is -1.75. The largest absolute Gasteiger partial charge is 0.497 e. The van der Waals surface area contributed by atoms with E-state index in [0.29, 0.717) is 11.8 Å². The van der Waals surface area contributed by atoms with Gasteiger partial charge in [0.25, 0.3) is 0 Å². The summed E-state index contributed by atoms with van der Waals surface area (Å²) >= 11 is 0. The first-order chi connectivity index (χ1) is 11.0. The molecule has 2 amide bonds. The summed E-state index contributed by atoms with van der Waals surface area (Å²) in [6.45, 7) is 4.11. The zero-order valence-electron chi connectivity index (χ0n) is 14.2. The zero-order valence-corrected chi connectivity index (χ0v) is 14.2. The molecular weight excluding hydrogens is 292 g/mol. The van der Waals surface area contributed by atoms with Crippen LogP contribution >= 0.6 is 0 Å². The summed E-state index contributed by atoms with van der Waals surface area (Å²) in [7, 11) is 1.64. The van der Waals surface area contributed by atoms with Crippen molar-refractivity contribution >= 4 is 6.03 Å². The van der Waals surface area contributed by atoms with Gasteiger partial charge >= 0.3 is 6.03 Å². The van der Waals surface area contributed by atoms with E-state index < -0.39 is 0 Å². The summed E-state index contributed by atoms with van der Waals surface area (Å²) < 4.78 is 5.18. The molecule has 0 radical (unpaired) electrons. The average molecular weight is 320 g/mol. The van der Waals surface area contributed by atoms with Crippen molar-refractivity contribution in [3.8, 4) is 5.75 Å². The second-order valence-corrected chi connectivity index (χ2v) is 6.72. The highest BCUT2D eigenvalue weighted by Crippen LogP contribution is 2.41. The lowest BCUT2D eigenvalue weighted by Gasteiger charge is -2.23. The molecule has 0 spiro atoms. The Morgan fingerprint density at radius 2 is 1.91 bits per heavy atom. The van der Waals surface area contributed by atoms with Gasteiger partial charge in [-0.3, -0.25) is 0 Å². The van der Waals surface area contributed by atoms with Crippen LogP contribution < -0.4 is 15.4 Å². The Bertz CT molecular complexity index is 497. The van der Waals surface area contributed by atoms with E-state index in [0.717, 1.165) is 30.6 Å². The van der Waals surface area contributed by atoms with Crippen LogP contribution in [0.1, 0.15) is 44.7 Å². The molecule has 1 saturated carbocycles. The summed E-state index contributed by atoms with van der Waals surface area (Å²) in [5.74, 6) is 1.73. The maximum Gasteiger partial charge on any atom is 0.315 e. The molecule has 1 aromatic rings. The summed E-state index contributed by atoms with van der Waals surface area (Å²) in [5.41, 5.74) is 1.09. The van der Waals surface area contributed by atoms with Crippen LogP contribution in [0.2, 0.25) is 0 Å². The second-order valence-electron chi connectivity index (χ2n) is 6.72. The van der Waals surface area contributed by atoms with Crippen molar-refractivity contribution in [1.29, 1.82) is 0 Å². The van der Waals surface area contributed by atoms with Crippen LogP contribution in [-0.4, -0.2) is 30.9 Å². The molecule has 128 valence electrons. The fourth-order valence-corrected chi connectivity index (χ4v) is 2.83. The molecule has 0 aliphatic heterocycles. The molecule has 2 rings (SSSR count). The molecule has 0 bridgehead atoms. The highest BCUT2D eigenvalue weighted by atomic mass is 16.5. The first-order valence-corrected chi connectivity index (χ1v) is 8.35. The Kier molecular flexibility index (Phi) is 6.28. The molecule has 1 aromatic carbocycles. The maximum atomic E-state index is 12.3. The van der Waals surface area contributed by atoms with Crippen LogP contribution in [0.25, 0.3) is 0 Å². The van der Waals surface area contributed by atoms with Crippen molar-refractivity contribution in [2.24, 2.45) is 11.8 Å². The molecule has 1 aliphatic carbocycles. The summed E-state index contributed by atoms with van der Waals surface area (Å²) in [6, 6.07) is 7.43. The Morgan fingerprint density at radius 1 is 1.26 bits per heavy atom. The van der Waals surface area contributed by atoms with Crippen molar-refractivity contribution in [3.63, 3.8) is 0 Å². The number of hydrogen-bond donors (Lipinski definition) is 3. The first kappa shape index (κ1) is 17.6. The number of methoxy groups -OCH3 is 1. The van der Waals surface area contributed by atoms with E-state index in [1.807, 2.05) is 24.3 Å². The van der Waals surface area contributed by atoms with Gasteiger partial charge in [-0.15, -0.1) is 0 Å². The van der Waals surface area contributed by atoms with Crippen molar-refractivity contribution in [2.75, 3.05) is 13.7 Å². The number of aliphatic hydroxyl groups excluding tert-OH is 1. The smallest absolute Gasteiger partial charge is 0.315 e. The molecule has 1 fully saturated rings. The number of ether oxygens (including phenoxy) is 1. The number of amides is 2. The number of carbonyl (C=O) groups is 1. The van der Waals surface area contributed by atoms with E-state index in [9.17, 15) is 9.90 Å². The number of rotatable bonds is 8. The number of carbonyl (C=O) groups excluding carboxylic acids is 1. The van der Waals surface area contributed by atoms with Gasteiger partial charge in [0.2, 0.25) is 0 Å². The van der Waals surface area contributed by atoms with E-state index in [1.165, 1.54) is 0 Å². The standard InChI is InChI=1S/C18H28N2O3/c1-12(2)10-15(11-21)19-18(22)20-17(13-4-5-13)14-6-8-16(23-3)9-7-14/h6-9,12-13,15,17,21H,4-5,10-11H2,1-3H3,(H2,19,20,22). The van der Waals surface area contributed by atoms with Gasteiger partial charge in [-0.05, 0) is 48.8 Å². The third kappa shape index (κ3) is 5.43. The highest BCUT2D eigenvalue weighted by Gasteiger charge is 2.33. The topological polar surface area (TPSA) is 70.6 Å². The Morgan fingerprint density at radius 3 is 2.39 bits per heavy atom. The fraction of sp³-hybridized carbons (Fsp3) is 0.611. The van der Waals surface area contributed by atoms with Gasteiger partial charge in [0, 0.05) is 0 Å². The van der Waals surface area contributed by atoms with Crippen LogP contribution in [0.3, 0.4) is 0 Å². The molecule has 0 aromatic heterocycles. The van der Waals surface area contributed by atoms with Gasteiger partial charge in [0.1, 0.15) is 5.75 Å². The molecule has 0 saturated heterocycles. The van der Waals surface area contributed by atoms with E-state index >= 15 is 0 Å². The van der Waals surface area contributed by atoms with E-state index in [1.54, 1.807) is 7.11 Å². The quantitative estimate of drug-likeness (QED) is 0.690. The van der Waals surface area contributed by atoms with Crippen LogP contribution in [-0.2, 0) is 0 Å². The van der Waals surface area contributed by atoms with Gasteiger partial charge in [0.05, 0.1) is 25.8 Å². The lowest BCUT2D eigenvalue weighted by atomic mass is 10.0. The molecule has 5 heteroatoms. The first-order valence-electron chi connectivity index (χ1n) is 8.35. The van der Waals surface area contributed by atoms with Crippen LogP contribution in [0.15, 0.2) is 24.3 Å². The molecule has 1 aliphatic rings. The number of urea groups is 1. The number of hydrogen-bond acceptors (Lipinski definition) is 3. The Labute approximate surface area is 138 Å². The number of benzene rings is 1. The van der Waals surface area contributed by atoms with Crippen molar-refractivity contribution < 1.29 is 14.6 Å². The van der Waals surface area contributed by atoms with E-state index in [-0.39, 0.29) is 24.7 Å². The zero-order chi connectivity index (χ0) is 16.8. The normalized spacial score (nSPS) is 16.7. The monoisotopic (exact) mass is 320 g/mol. The summed E-state index contributed by atoms with van der Waals surface area (Å²) in [5, 5.41) is 15.3. The predicted molar refractivity (Wildman–Crippen MR) is 90.5 cm³/mol. The van der Waals surface area contributed by atoms with E-state index in [2.05, 4.69) is 24.5 Å². The van der Waals surface area contributed by atoms with E-state index in [4.69, 9.17) is 4.74 Å². The van der Waals surface area contributed by atoms with Gasteiger partial charge in [-0.1, -0.05) is 26.0 Å². The minimum absolute atomic E-state index is 0.0132. The van der Waals surface area contributed by atoms with Crippen LogP contribution in [0.4, 0.5) is 4.79 Å². The van der Waals surface area contributed by atoms with Crippen molar-refractivity contribution in [1.82, 2.24) is 10.6 Å². The second kappa shape index (κ2) is 8.20. The average Bonchev–Trinajstić information content (AvgIpc) is 3.36. The molecule has 23 heavy (non-hydrogen) atoms. The van der Waals surface area contributed by atoms with Gasteiger partial charge in [-0.25, -0.2) is 4.79 Å². The number of nitrogens with one attached hydrogen (secondary N) is 2. The SMILES string of the molecule is COc1ccc(C(NC(=O)NC(CO)CC(C)C)C2CC2)cc1. The highest BCUT2D eigenvalue weighted by molar-refractivity contribution is 5.75. The van der Waals surface area contributed by atoms with Gasteiger partial charge < -0.3 is 20.5 Å². The summed E-state index contributed by atoms with van der Waals surface area (Å²) in [6.07, 6.45) is 3.03. The molecule has 2 unspecified atom stereocenters. The van der Waals surface area contributed by atoms with Crippen molar-refractivity contribution in [3.05, 3.63) is 29.8 Å². The summed E-state index contributed by atoms with van der Waals surface area (Å²) in [4.78, 5) is 12.3. The lowest BCUT2D eigenvalue weighted by Crippen LogP contribution is -2.45. The van der Waals surface area contributed by atoms with Gasteiger partial charge in [-0.2, -0.15) is 0 Å². The third-order valence-electron chi connectivity index (χ3n) is 4.17. The molecule has 3 N–H and O–H groups in total. The van der Waals surface area contributed by atoms with Crippen LogP contribution in [0, 0.1) is 11.8 Å². The molecule has 0 heterocycles. The van der Waals surface area contributed by atoms with Gasteiger partial charge in [0.15, 0.2) is 0 Å². The third-order valence-corrected chi connectivity index (χ3v) is 4.17. The molecule has 5 nitrogen and oxygen atoms in total.